The highest BCUT2D eigenvalue weighted by molar-refractivity contribution is 6.31. The number of carbonyl (C=O) groups excluding carboxylic acids is 1. The summed E-state index contributed by atoms with van der Waals surface area (Å²) in [4.78, 5) is 15.9. The van der Waals surface area contributed by atoms with E-state index in [0.717, 1.165) is 22.0 Å². The number of hydrogen-bond donors (Lipinski definition) is 2. The lowest BCUT2D eigenvalue weighted by Gasteiger charge is -2.19. The van der Waals surface area contributed by atoms with Crippen molar-refractivity contribution >= 4 is 28.4 Å². The van der Waals surface area contributed by atoms with Crippen LogP contribution in [0.2, 0.25) is 5.02 Å². The fraction of sp³-hybridized carbons (Fsp3) is 0.318. The Morgan fingerprint density at radius 1 is 1.10 bits per heavy atom. The Hall–Kier alpha value is -2.70. The number of hydrogen-bond acceptors (Lipinski definition) is 4. The molecule has 2 aromatic carbocycles. The molecule has 154 valence electrons. The standard InChI is InChI=1S/C22H25ClN2O4/c1-27-9-8-24-22(26)12-16(14-4-7-20(28-2)21(10-14)29-3)18-13-25-19-6-5-15(23)11-17(18)19/h4-7,10-11,13,16,25H,8-9,12H2,1-3H3,(H,24,26)/t16-/m0/s1. The van der Waals surface area contributed by atoms with Crippen molar-refractivity contribution in [3.8, 4) is 11.5 Å². The fourth-order valence-electron chi connectivity index (χ4n) is 3.43. The molecule has 0 aliphatic rings. The molecule has 1 heterocycles. The summed E-state index contributed by atoms with van der Waals surface area (Å²) in [6.07, 6.45) is 2.21. The second-order valence-electron chi connectivity index (χ2n) is 6.65. The van der Waals surface area contributed by atoms with Gasteiger partial charge in [-0.2, -0.15) is 0 Å². The van der Waals surface area contributed by atoms with Crippen molar-refractivity contribution in [3.63, 3.8) is 0 Å². The molecule has 1 aromatic heterocycles. The second kappa shape index (κ2) is 9.67. The fourth-order valence-corrected chi connectivity index (χ4v) is 3.60. The highest BCUT2D eigenvalue weighted by atomic mass is 35.5. The number of amides is 1. The number of aromatic nitrogens is 1. The molecule has 29 heavy (non-hydrogen) atoms. The van der Waals surface area contributed by atoms with Crippen LogP contribution in [-0.4, -0.2) is 45.4 Å². The lowest BCUT2D eigenvalue weighted by Crippen LogP contribution is -2.28. The number of halogens is 1. The second-order valence-corrected chi connectivity index (χ2v) is 7.08. The molecule has 0 unspecified atom stereocenters. The molecule has 0 saturated heterocycles. The van der Waals surface area contributed by atoms with Crippen LogP contribution in [0.3, 0.4) is 0 Å². The van der Waals surface area contributed by atoms with Gasteiger partial charge >= 0.3 is 0 Å². The number of nitrogens with one attached hydrogen (secondary N) is 2. The molecule has 2 N–H and O–H groups in total. The zero-order valence-corrected chi connectivity index (χ0v) is 17.5. The number of aromatic amines is 1. The van der Waals surface area contributed by atoms with E-state index < -0.39 is 0 Å². The minimum Gasteiger partial charge on any atom is -0.493 e. The van der Waals surface area contributed by atoms with Crippen LogP contribution in [0.25, 0.3) is 10.9 Å². The largest absolute Gasteiger partial charge is 0.493 e. The first kappa shape index (κ1) is 21.0. The monoisotopic (exact) mass is 416 g/mol. The Balaban J connectivity index is 2.02. The van der Waals surface area contributed by atoms with Crippen molar-refractivity contribution in [1.29, 1.82) is 0 Å². The van der Waals surface area contributed by atoms with Crippen molar-refractivity contribution in [1.82, 2.24) is 10.3 Å². The van der Waals surface area contributed by atoms with E-state index in [1.807, 2.05) is 42.6 Å². The molecular formula is C22H25ClN2O4. The Morgan fingerprint density at radius 3 is 2.62 bits per heavy atom. The number of carbonyl (C=O) groups is 1. The summed E-state index contributed by atoms with van der Waals surface area (Å²) in [5.41, 5.74) is 2.91. The van der Waals surface area contributed by atoms with Crippen molar-refractivity contribution in [2.24, 2.45) is 0 Å². The predicted octanol–water partition coefficient (Wildman–Crippen LogP) is 4.12. The van der Waals surface area contributed by atoms with Gasteiger partial charge in [0.25, 0.3) is 0 Å². The summed E-state index contributed by atoms with van der Waals surface area (Å²) >= 11 is 6.23. The van der Waals surface area contributed by atoms with E-state index in [4.69, 9.17) is 25.8 Å². The van der Waals surface area contributed by atoms with E-state index in [9.17, 15) is 4.79 Å². The summed E-state index contributed by atoms with van der Waals surface area (Å²) in [5, 5.41) is 4.54. The van der Waals surface area contributed by atoms with Gasteiger partial charge in [-0.1, -0.05) is 17.7 Å². The molecule has 6 nitrogen and oxygen atoms in total. The van der Waals surface area contributed by atoms with E-state index in [0.29, 0.717) is 29.7 Å². The zero-order valence-electron chi connectivity index (χ0n) is 16.8. The van der Waals surface area contributed by atoms with Crippen LogP contribution in [-0.2, 0) is 9.53 Å². The maximum atomic E-state index is 12.6. The number of ether oxygens (including phenoxy) is 3. The summed E-state index contributed by atoms with van der Waals surface area (Å²) in [6.45, 7) is 0.934. The summed E-state index contributed by atoms with van der Waals surface area (Å²) in [6, 6.07) is 11.4. The van der Waals surface area contributed by atoms with E-state index >= 15 is 0 Å². The predicted molar refractivity (Wildman–Crippen MR) is 114 cm³/mol. The Morgan fingerprint density at radius 2 is 1.90 bits per heavy atom. The molecule has 1 atom stereocenters. The van der Waals surface area contributed by atoms with Crippen LogP contribution in [0, 0.1) is 0 Å². The van der Waals surface area contributed by atoms with Crippen LogP contribution >= 0.6 is 11.6 Å². The third-order valence-corrected chi connectivity index (χ3v) is 5.11. The van der Waals surface area contributed by atoms with Crippen LogP contribution < -0.4 is 14.8 Å². The normalized spacial score (nSPS) is 12.0. The zero-order chi connectivity index (χ0) is 20.8. The number of rotatable bonds is 9. The number of benzene rings is 2. The summed E-state index contributed by atoms with van der Waals surface area (Å²) < 4.78 is 15.8. The minimum absolute atomic E-state index is 0.0572. The number of fused-ring (bicyclic) bond motifs is 1. The van der Waals surface area contributed by atoms with Crippen molar-refractivity contribution in [2.75, 3.05) is 34.5 Å². The first-order chi connectivity index (χ1) is 14.1. The smallest absolute Gasteiger partial charge is 0.221 e. The number of H-pyrrole nitrogens is 1. The van der Waals surface area contributed by atoms with Gasteiger partial charge in [-0.25, -0.2) is 0 Å². The van der Waals surface area contributed by atoms with Crippen LogP contribution in [0.1, 0.15) is 23.5 Å². The van der Waals surface area contributed by atoms with Gasteiger partial charge in [-0.3, -0.25) is 4.79 Å². The lowest BCUT2D eigenvalue weighted by atomic mass is 9.87. The van der Waals surface area contributed by atoms with Crippen molar-refractivity contribution in [2.45, 2.75) is 12.3 Å². The topological polar surface area (TPSA) is 72.6 Å². The van der Waals surface area contributed by atoms with E-state index in [1.165, 1.54) is 0 Å². The molecule has 0 fully saturated rings. The van der Waals surface area contributed by atoms with E-state index in [1.54, 1.807) is 21.3 Å². The lowest BCUT2D eigenvalue weighted by molar-refractivity contribution is -0.121. The SMILES string of the molecule is COCCNC(=O)C[C@@H](c1ccc(OC)c(OC)c1)c1c[nH]c2ccc(Cl)cc12. The first-order valence-electron chi connectivity index (χ1n) is 9.31. The number of methoxy groups -OCH3 is 3. The average molecular weight is 417 g/mol. The van der Waals surface area contributed by atoms with Gasteiger partial charge in [0.15, 0.2) is 11.5 Å². The van der Waals surface area contributed by atoms with Gasteiger partial charge in [-0.05, 0) is 41.5 Å². The Bertz CT molecular complexity index is 986. The summed E-state index contributed by atoms with van der Waals surface area (Å²) in [7, 11) is 4.80. The Kier molecular flexibility index (Phi) is 7.01. The average Bonchev–Trinajstić information content (AvgIpc) is 3.14. The van der Waals surface area contributed by atoms with Crippen molar-refractivity contribution < 1.29 is 19.0 Å². The summed E-state index contributed by atoms with van der Waals surface area (Å²) in [5.74, 6) is 1.01. The van der Waals surface area contributed by atoms with Gasteiger partial charge in [0.2, 0.25) is 5.91 Å². The first-order valence-corrected chi connectivity index (χ1v) is 9.69. The van der Waals surface area contributed by atoms with Gasteiger partial charge in [0.05, 0.1) is 20.8 Å². The maximum Gasteiger partial charge on any atom is 0.221 e. The van der Waals surface area contributed by atoms with Gasteiger partial charge in [-0.15, -0.1) is 0 Å². The molecule has 3 rings (SSSR count). The molecular weight excluding hydrogens is 392 g/mol. The highest BCUT2D eigenvalue weighted by Crippen LogP contribution is 2.38. The molecule has 7 heteroatoms. The third-order valence-electron chi connectivity index (χ3n) is 4.88. The Labute approximate surface area is 175 Å². The van der Waals surface area contributed by atoms with Crippen LogP contribution in [0.15, 0.2) is 42.6 Å². The van der Waals surface area contributed by atoms with E-state index in [-0.39, 0.29) is 18.2 Å². The molecule has 0 bridgehead atoms. The molecule has 0 aliphatic heterocycles. The minimum atomic E-state index is -0.190. The molecule has 0 radical (unpaired) electrons. The van der Waals surface area contributed by atoms with Gasteiger partial charge in [0, 0.05) is 48.1 Å². The molecule has 0 spiro atoms. The molecule has 3 aromatic rings. The van der Waals surface area contributed by atoms with Gasteiger partial charge < -0.3 is 24.5 Å². The van der Waals surface area contributed by atoms with Gasteiger partial charge in [0.1, 0.15) is 0 Å². The molecule has 0 saturated carbocycles. The third kappa shape index (κ3) is 4.83. The van der Waals surface area contributed by atoms with Crippen LogP contribution in [0.5, 0.6) is 11.5 Å². The highest BCUT2D eigenvalue weighted by Gasteiger charge is 2.23. The quantitative estimate of drug-likeness (QED) is 0.514. The molecule has 0 aliphatic carbocycles. The maximum absolute atomic E-state index is 12.6. The van der Waals surface area contributed by atoms with Crippen LogP contribution in [0.4, 0.5) is 0 Å². The molecule has 1 amide bonds. The van der Waals surface area contributed by atoms with Crippen molar-refractivity contribution in [3.05, 3.63) is 58.7 Å². The van der Waals surface area contributed by atoms with E-state index in [2.05, 4.69) is 10.3 Å².